The Kier molecular flexibility index (Phi) is 7.84. The Balaban J connectivity index is 2.23. The third-order valence-electron chi connectivity index (χ3n) is 2.47. The number of imide groups is 1. The number of Topliss-reactive ketones (excluding diaryl/α,β-unsaturated/α-hetero) is 1. The summed E-state index contributed by atoms with van der Waals surface area (Å²) in [5, 5.41) is 2.97. The van der Waals surface area contributed by atoms with Crippen molar-refractivity contribution in [3.63, 3.8) is 0 Å². The third kappa shape index (κ3) is 9.05. The predicted molar refractivity (Wildman–Crippen MR) is 81.4 cm³/mol. The summed E-state index contributed by atoms with van der Waals surface area (Å²) in [4.78, 5) is 45.7. The number of carbonyl (C=O) groups excluding carboxylic acids is 4. The van der Waals surface area contributed by atoms with Gasteiger partial charge >= 0.3 is 18.2 Å². The number of halogens is 4. The molecule has 0 aliphatic rings. The summed E-state index contributed by atoms with van der Waals surface area (Å²) in [6.45, 7) is -2.47. The van der Waals surface area contributed by atoms with Gasteiger partial charge < -0.3 is 10.1 Å². The molecule has 1 aromatic rings. The van der Waals surface area contributed by atoms with Crippen molar-refractivity contribution in [2.24, 2.45) is 0 Å². The molecule has 0 spiro atoms. The van der Waals surface area contributed by atoms with E-state index in [0.717, 1.165) is 11.3 Å². The van der Waals surface area contributed by atoms with Gasteiger partial charge in [0.2, 0.25) is 0 Å². The van der Waals surface area contributed by atoms with Crippen molar-refractivity contribution < 1.29 is 37.1 Å². The molecule has 0 radical (unpaired) electrons. The maximum Gasteiger partial charge on any atom is 0.405 e. The van der Waals surface area contributed by atoms with Crippen LogP contribution in [0, 0.1) is 0 Å². The molecular weight excluding hydrogens is 389 g/mol. The van der Waals surface area contributed by atoms with E-state index in [-0.39, 0.29) is 18.6 Å². The van der Waals surface area contributed by atoms with Crippen LogP contribution in [0.5, 0.6) is 0 Å². The first-order chi connectivity index (χ1) is 11.6. The molecule has 0 bridgehead atoms. The van der Waals surface area contributed by atoms with Gasteiger partial charge in [0.25, 0.3) is 5.91 Å². The van der Waals surface area contributed by atoms with Gasteiger partial charge in [0, 0.05) is 6.42 Å². The maximum atomic E-state index is 11.9. The van der Waals surface area contributed by atoms with Gasteiger partial charge in [-0.1, -0.05) is 11.6 Å². The zero-order chi connectivity index (χ0) is 19.0. The lowest BCUT2D eigenvalue weighted by atomic mass is 10.2. The largest absolute Gasteiger partial charge is 0.456 e. The third-order valence-corrected chi connectivity index (χ3v) is 3.74. The number of hydrogen-bond acceptors (Lipinski definition) is 6. The van der Waals surface area contributed by atoms with E-state index in [2.05, 4.69) is 4.74 Å². The van der Waals surface area contributed by atoms with Crippen LogP contribution in [0.25, 0.3) is 0 Å². The van der Waals surface area contributed by atoms with Gasteiger partial charge in [-0.05, 0) is 12.1 Å². The standard InChI is InChI=1S/C13H12ClF3N2O5S/c14-9-3-2-8(25-9)7(20)1-4-11(22)24-5-10(21)19-12(23)18-6-13(15,16)17/h2-3H,1,4-6H2,(H2,18,19,21,23). The van der Waals surface area contributed by atoms with Crippen molar-refractivity contribution in [3.05, 3.63) is 21.3 Å². The highest BCUT2D eigenvalue weighted by molar-refractivity contribution is 7.18. The number of amides is 3. The molecule has 1 aromatic heterocycles. The number of thiophene rings is 1. The second-order valence-electron chi connectivity index (χ2n) is 4.53. The number of nitrogens with one attached hydrogen (secondary N) is 2. The lowest BCUT2D eigenvalue weighted by Crippen LogP contribution is -2.44. The van der Waals surface area contributed by atoms with Gasteiger partial charge in [0.15, 0.2) is 12.4 Å². The van der Waals surface area contributed by atoms with Crippen LogP contribution in [0.2, 0.25) is 4.34 Å². The summed E-state index contributed by atoms with van der Waals surface area (Å²) < 4.78 is 40.5. The minimum atomic E-state index is -4.62. The first-order valence-corrected chi connectivity index (χ1v) is 7.85. The maximum absolute atomic E-state index is 11.9. The van der Waals surface area contributed by atoms with Crippen molar-refractivity contribution in [2.45, 2.75) is 19.0 Å². The molecule has 0 saturated carbocycles. The van der Waals surface area contributed by atoms with Gasteiger partial charge in [-0.15, -0.1) is 11.3 Å². The average molecular weight is 401 g/mol. The molecule has 0 saturated heterocycles. The number of urea groups is 1. The molecule has 1 heterocycles. The first-order valence-electron chi connectivity index (χ1n) is 6.65. The number of rotatable bonds is 7. The van der Waals surface area contributed by atoms with Crippen LogP contribution in [0.1, 0.15) is 22.5 Å². The highest BCUT2D eigenvalue weighted by Gasteiger charge is 2.28. The topological polar surface area (TPSA) is 102 Å². The van der Waals surface area contributed by atoms with Crippen molar-refractivity contribution in [1.29, 1.82) is 0 Å². The lowest BCUT2D eigenvalue weighted by Gasteiger charge is -2.09. The van der Waals surface area contributed by atoms with Crippen molar-refractivity contribution in [1.82, 2.24) is 10.6 Å². The van der Waals surface area contributed by atoms with Gasteiger partial charge in [-0.2, -0.15) is 13.2 Å². The van der Waals surface area contributed by atoms with E-state index in [1.54, 1.807) is 5.32 Å². The summed E-state index contributed by atoms with van der Waals surface area (Å²) in [5.41, 5.74) is 0. The quantitative estimate of drug-likeness (QED) is 0.540. The number of ketones is 1. The Labute approximate surface area is 148 Å². The Morgan fingerprint density at radius 2 is 1.84 bits per heavy atom. The van der Waals surface area contributed by atoms with E-state index < -0.39 is 37.2 Å². The van der Waals surface area contributed by atoms with Crippen LogP contribution < -0.4 is 10.6 Å². The molecule has 3 amide bonds. The van der Waals surface area contributed by atoms with Crippen LogP contribution in [0.3, 0.4) is 0 Å². The summed E-state index contributed by atoms with van der Waals surface area (Å²) in [6, 6.07) is 1.67. The van der Waals surface area contributed by atoms with E-state index in [9.17, 15) is 32.3 Å². The minimum Gasteiger partial charge on any atom is -0.456 e. The highest BCUT2D eigenvalue weighted by atomic mass is 35.5. The zero-order valence-electron chi connectivity index (χ0n) is 12.4. The molecule has 0 aliphatic heterocycles. The van der Waals surface area contributed by atoms with Crippen LogP contribution in [0.4, 0.5) is 18.0 Å². The predicted octanol–water partition coefficient (Wildman–Crippen LogP) is 2.30. The molecule has 1 rings (SSSR count). The van der Waals surface area contributed by atoms with Crippen molar-refractivity contribution in [2.75, 3.05) is 13.2 Å². The Hall–Kier alpha value is -2.14. The monoisotopic (exact) mass is 400 g/mol. The Morgan fingerprint density at radius 1 is 1.16 bits per heavy atom. The van der Waals surface area contributed by atoms with E-state index in [1.807, 2.05) is 0 Å². The lowest BCUT2D eigenvalue weighted by molar-refractivity contribution is -0.148. The number of esters is 1. The van der Waals surface area contributed by atoms with Gasteiger partial charge in [-0.25, -0.2) is 4.79 Å². The smallest absolute Gasteiger partial charge is 0.405 e. The molecule has 0 aliphatic carbocycles. The minimum absolute atomic E-state index is 0.163. The van der Waals surface area contributed by atoms with Crippen LogP contribution in [-0.2, 0) is 14.3 Å². The fraction of sp³-hybridized carbons (Fsp3) is 0.385. The van der Waals surface area contributed by atoms with Gasteiger partial charge in [0.1, 0.15) is 6.54 Å². The van der Waals surface area contributed by atoms with E-state index >= 15 is 0 Å². The molecule has 0 aromatic carbocycles. The first kappa shape index (κ1) is 20.9. The number of alkyl halides is 3. The molecule has 0 atom stereocenters. The van der Waals surface area contributed by atoms with Crippen molar-refractivity contribution >= 4 is 46.6 Å². The molecule has 0 fully saturated rings. The van der Waals surface area contributed by atoms with E-state index in [4.69, 9.17) is 11.6 Å². The van der Waals surface area contributed by atoms with Gasteiger partial charge in [0.05, 0.1) is 15.6 Å². The van der Waals surface area contributed by atoms with Gasteiger partial charge in [-0.3, -0.25) is 19.7 Å². The normalized spacial score (nSPS) is 10.9. The summed E-state index contributed by atoms with van der Waals surface area (Å²) in [7, 11) is 0. The molecule has 138 valence electrons. The number of carbonyl (C=O) groups is 4. The SMILES string of the molecule is O=C(COC(=O)CCC(=O)c1ccc(Cl)s1)NC(=O)NCC(F)(F)F. The van der Waals surface area contributed by atoms with Crippen LogP contribution in [-0.4, -0.2) is 43.0 Å². The second-order valence-corrected chi connectivity index (χ2v) is 6.25. The fourth-order valence-electron chi connectivity index (χ4n) is 1.41. The fourth-order valence-corrected chi connectivity index (χ4v) is 2.42. The molecule has 12 heteroatoms. The van der Waals surface area contributed by atoms with E-state index in [1.165, 1.54) is 17.4 Å². The number of hydrogen-bond donors (Lipinski definition) is 2. The van der Waals surface area contributed by atoms with Crippen LogP contribution >= 0.6 is 22.9 Å². The summed E-state index contributed by atoms with van der Waals surface area (Å²) in [6.07, 6.45) is -5.09. The molecule has 25 heavy (non-hydrogen) atoms. The molecule has 7 nitrogen and oxygen atoms in total. The number of ether oxygens (including phenoxy) is 1. The summed E-state index contributed by atoms with van der Waals surface area (Å²) >= 11 is 6.73. The highest BCUT2D eigenvalue weighted by Crippen LogP contribution is 2.22. The molecule has 2 N–H and O–H groups in total. The Morgan fingerprint density at radius 3 is 2.40 bits per heavy atom. The zero-order valence-corrected chi connectivity index (χ0v) is 14.0. The second kappa shape index (κ2) is 9.37. The Bertz CT molecular complexity index is 662. The van der Waals surface area contributed by atoms with Crippen molar-refractivity contribution in [3.8, 4) is 0 Å². The van der Waals surface area contributed by atoms with Crippen LogP contribution in [0.15, 0.2) is 12.1 Å². The molecular formula is C13H12ClF3N2O5S. The van der Waals surface area contributed by atoms with E-state index in [0.29, 0.717) is 9.21 Å². The average Bonchev–Trinajstić information content (AvgIpc) is 2.94. The summed E-state index contributed by atoms with van der Waals surface area (Å²) in [5.74, 6) is -2.31. The molecule has 0 unspecified atom stereocenters.